The zero-order chi connectivity index (χ0) is 14.5. The lowest BCUT2D eigenvalue weighted by Crippen LogP contribution is -2.35. The number of benzene rings is 1. The molecule has 1 aromatic rings. The molecule has 0 aromatic heterocycles. The van der Waals surface area contributed by atoms with Crippen molar-refractivity contribution in [2.24, 2.45) is 0 Å². The summed E-state index contributed by atoms with van der Waals surface area (Å²) in [6.07, 6.45) is 1.75. The van der Waals surface area contributed by atoms with Gasteiger partial charge < -0.3 is 10.5 Å². The lowest BCUT2D eigenvalue weighted by molar-refractivity contribution is 0.0342. The summed E-state index contributed by atoms with van der Waals surface area (Å²) in [7, 11) is 0. The number of anilines is 1. The van der Waals surface area contributed by atoms with E-state index in [1.54, 1.807) is 6.08 Å². The fourth-order valence-corrected chi connectivity index (χ4v) is 1.64. The molecule has 108 valence electrons. The maximum absolute atomic E-state index is 5.63. The minimum atomic E-state index is 0.829. The molecule has 1 fully saturated rings. The Morgan fingerprint density at radius 2 is 1.68 bits per heavy atom. The number of nitrogens with two attached hydrogens (primary N) is 1. The van der Waals surface area contributed by atoms with Crippen molar-refractivity contribution >= 4 is 5.69 Å². The van der Waals surface area contributed by atoms with Gasteiger partial charge in [0.05, 0.1) is 13.2 Å². The van der Waals surface area contributed by atoms with Crippen LogP contribution in [0.2, 0.25) is 0 Å². The molecule has 0 bridgehead atoms. The van der Waals surface area contributed by atoms with Crippen molar-refractivity contribution in [3.8, 4) is 0 Å². The van der Waals surface area contributed by atoms with Gasteiger partial charge in [-0.1, -0.05) is 32.1 Å². The lowest BCUT2D eigenvalue weighted by Gasteiger charge is -2.26. The van der Waals surface area contributed by atoms with Gasteiger partial charge in [0, 0.05) is 25.3 Å². The smallest absolute Gasteiger partial charge is 0.0594 e. The standard InChI is InChI=1S/C11H16N2O.C3H6.C2H6/c12-11-3-1-10(2-4-11)9-13-5-7-14-8-6-13;1-3-2;1-2/h1-4H,5-9,12H2;3H,1H2,2H3;1-2H3. The van der Waals surface area contributed by atoms with Crippen LogP contribution in [0, 0.1) is 0 Å². The van der Waals surface area contributed by atoms with E-state index in [1.807, 2.05) is 32.9 Å². The molecule has 1 aromatic carbocycles. The summed E-state index contributed by atoms with van der Waals surface area (Å²) in [5, 5.41) is 0. The van der Waals surface area contributed by atoms with Gasteiger partial charge in [-0.15, -0.1) is 6.58 Å². The van der Waals surface area contributed by atoms with Crippen molar-refractivity contribution in [1.29, 1.82) is 0 Å². The Hall–Kier alpha value is -1.32. The molecule has 1 aliphatic heterocycles. The molecular weight excluding hydrogens is 236 g/mol. The second-order valence-corrected chi connectivity index (χ2v) is 4.04. The van der Waals surface area contributed by atoms with Gasteiger partial charge in [-0.05, 0) is 24.6 Å². The van der Waals surface area contributed by atoms with E-state index in [9.17, 15) is 0 Å². The Morgan fingerprint density at radius 1 is 1.21 bits per heavy atom. The molecule has 0 spiro atoms. The van der Waals surface area contributed by atoms with E-state index < -0.39 is 0 Å². The van der Waals surface area contributed by atoms with E-state index in [-0.39, 0.29) is 0 Å². The molecule has 1 saturated heterocycles. The van der Waals surface area contributed by atoms with Crippen LogP contribution in [0.5, 0.6) is 0 Å². The first-order valence-electron chi connectivity index (χ1n) is 6.98. The lowest BCUT2D eigenvalue weighted by atomic mass is 10.2. The summed E-state index contributed by atoms with van der Waals surface area (Å²) in [6, 6.07) is 8.08. The number of hydrogen-bond acceptors (Lipinski definition) is 3. The van der Waals surface area contributed by atoms with Gasteiger partial charge in [-0.3, -0.25) is 4.90 Å². The number of allylic oxidation sites excluding steroid dienone is 1. The molecule has 3 nitrogen and oxygen atoms in total. The van der Waals surface area contributed by atoms with E-state index in [2.05, 4.69) is 23.6 Å². The fraction of sp³-hybridized carbons (Fsp3) is 0.500. The molecule has 0 unspecified atom stereocenters. The highest BCUT2D eigenvalue weighted by atomic mass is 16.5. The van der Waals surface area contributed by atoms with Crippen molar-refractivity contribution in [2.75, 3.05) is 32.0 Å². The Kier molecular flexibility index (Phi) is 10.9. The summed E-state index contributed by atoms with van der Waals surface area (Å²) >= 11 is 0. The summed E-state index contributed by atoms with van der Waals surface area (Å²) in [6.45, 7) is 14.0. The van der Waals surface area contributed by atoms with Crippen LogP contribution in [0.1, 0.15) is 26.3 Å². The maximum Gasteiger partial charge on any atom is 0.0594 e. The van der Waals surface area contributed by atoms with Crippen molar-refractivity contribution in [1.82, 2.24) is 4.90 Å². The number of hydrogen-bond donors (Lipinski definition) is 1. The first kappa shape index (κ1) is 17.7. The zero-order valence-electron chi connectivity index (χ0n) is 12.6. The fourth-order valence-electron chi connectivity index (χ4n) is 1.64. The van der Waals surface area contributed by atoms with Gasteiger partial charge in [0.15, 0.2) is 0 Å². The molecule has 1 aliphatic rings. The quantitative estimate of drug-likeness (QED) is 0.658. The highest BCUT2D eigenvalue weighted by molar-refractivity contribution is 5.39. The topological polar surface area (TPSA) is 38.5 Å². The Balaban J connectivity index is 0.000000573. The number of ether oxygens (including phenoxy) is 1. The highest BCUT2D eigenvalue weighted by Crippen LogP contribution is 2.09. The van der Waals surface area contributed by atoms with Crippen LogP contribution in [0.15, 0.2) is 36.9 Å². The van der Waals surface area contributed by atoms with Crippen LogP contribution in [0.3, 0.4) is 0 Å². The summed E-state index contributed by atoms with van der Waals surface area (Å²) in [5.74, 6) is 0. The molecule has 19 heavy (non-hydrogen) atoms. The largest absolute Gasteiger partial charge is 0.399 e. The maximum atomic E-state index is 5.63. The summed E-state index contributed by atoms with van der Waals surface area (Å²) in [5.41, 5.74) is 7.78. The molecule has 0 amide bonds. The van der Waals surface area contributed by atoms with Crippen LogP contribution in [-0.2, 0) is 11.3 Å². The minimum absolute atomic E-state index is 0.829. The minimum Gasteiger partial charge on any atom is -0.399 e. The second-order valence-electron chi connectivity index (χ2n) is 4.04. The van der Waals surface area contributed by atoms with Crippen LogP contribution in [0.25, 0.3) is 0 Å². The van der Waals surface area contributed by atoms with Crippen LogP contribution >= 0.6 is 0 Å². The van der Waals surface area contributed by atoms with E-state index in [0.717, 1.165) is 38.5 Å². The SMILES string of the molecule is C=CC.CC.Nc1ccc(CN2CCOCC2)cc1. The predicted molar refractivity (Wildman–Crippen MR) is 84.2 cm³/mol. The van der Waals surface area contributed by atoms with Gasteiger partial charge in [0.25, 0.3) is 0 Å². The number of nitrogen functional groups attached to an aromatic ring is 1. The third kappa shape index (κ3) is 8.41. The molecule has 1 heterocycles. The highest BCUT2D eigenvalue weighted by Gasteiger charge is 2.09. The van der Waals surface area contributed by atoms with Gasteiger partial charge >= 0.3 is 0 Å². The number of rotatable bonds is 2. The van der Waals surface area contributed by atoms with Crippen molar-refractivity contribution in [3.63, 3.8) is 0 Å². The van der Waals surface area contributed by atoms with E-state index in [0.29, 0.717) is 0 Å². The second kappa shape index (κ2) is 11.8. The van der Waals surface area contributed by atoms with Crippen LogP contribution in [-0.4, -0.2) is 31.2 Å². The summed E-state index contributed by atoms with van der Waals surface area (Å²) in [4.78, 5) is 2.40. The predicted octanol–water partition coefficient (Wildman–Crippen LogP) is 3.32. The average molecular weight is 264 g/mol. The van der Waals surface area contributed by atoms with Crippen molar-refractivity contribution < 1.29 is 4.74 Å². The molecule has 0 saturated carbocycles. The number of morpholine rings is 1. The summed E-state index contributed by atoms with van der Waals surface area (Å²) < 4.78 is 5.29. The molecular formula is C16H28N2O. The third-order valence-corrected chi connectivity index (χ3v) is 2.49. The molecule has 0 aliphatic carbocycles. The Morgan fingerprint density at radius 3 is 2.16 bits per heavy atom. The van der Waals surface area contributed by atoms with Crippen LogP contribution in [0.4, 0.5) is 5.69 Å². The van der Waals surface area contributed by atoms with Gasteiger partial charge in [-0.25, -0.2) is 0 Å². The Labute approximate surface area is 118 Å². The normalized spacial score (nSPS) is 14.5. The van der Waals surface area contributed by atoms with E-state index in [4.69, 9.17) is 10.5 Å². The van der Waals surface area contributed by atoms with E-state index >= 15 is 0 Å². The van der Waals surface area contributed by atoms with Gasteiger partial charge in [-0.2, -0.15) is 0 Å². The number of nitrogens with zero attached hydrogens (tertiary/aromatic N) is 1. The molecule has 2 rings (SSSR count). The van der Waals surface area contributed by atoms with E-state index in [1.165, 1.54) is 5.56 Å². The first-order chi connectivity index (χ1) is 9.26. The van der Waals surface area contributed by atoms with Crippen LogP contribution < -0.4 is 5.73 Å². The Bertz CT molecular complexity index is 316. The molecule has 0 atom stereocenters. The molecule has 2 N–H and O–H groups in total. The van der Waals surface area contributed by atoms with Gasteiger partial charge in [0.2, 0.25) is 0 Å². The first-order valence-corrected chi connectivity index (χ1v) is 6.98. The van der Waals surface area contributed by atoms with Crippen molar-refractivity contribution in [2.45, 2.75) is 27.3 Å². The van der Waals surface area contributed by atoms with Gasteiger partial charge in [0.1, 0.15) is 0 Å². The molecule has 3 heteroatoms. The van der Waals surface area contributed by atoms with Crippen molar-refractivity contribution in [3.05, 3.63) is 42.5 Å². The molecule has 0 radical (unpaired) electrons. The average Bonchev–Trinajstić information content (AvgIpc) is 2.46. The monoisotopic (exact) mass is 264 g/mol. The third-order valence-electron chi connectivity index (χ3n) is 2.49. The zero-order valence-corrected chi connectivity index (χ0v) is 12.6.